The van der Waals surface area contributed by atoms with Crippen LogP contribution >= 0.6 is 11.8 Å². The molecule has 5 heterocycles. The minimum Gasteiger partial charge on any atom is -0.469 e. The highest BCUT2D eigenvalue weighted by molar-refractivity contribution is 7.99. The Morgan fingerprint density at radius 1 is 0.914 bits per heavy atom. The van der Waals surface area contributed by atoms with Crippen molar-refractivity contribution in [2.45, 2.75) is 122 Å². The molecule has 3 aliphatic rings. The van der Waals surface area contributed by atoms with Gasteiger partial charge >= 0.3 is 11.9 Å². The molecule has 0 amide bonds. The topological polar surface area (TPSA) is 200 Å². The minimum atomic E-state index is -1.35. The fraction of sp³-hybridized carbons (Fsp3) is 0.545. The Morgan fingerprint density at radius 3 is 2.28 bits per heavy atom. The summed E-state index contributed by atoms with van der Waals surface area (Å²) in [4.78, 5) is 44.4. The number of hydrogen-bond donors (Lipinski definition) is 6. The van der Waals surface area contributed by atoms with Gasteiger partial charge in [0.15, 0.2) is 0 Å². The van der Waals surface area contributed by atoms with Gasteiger partial charge < -0.3 is 44.6 Å². The van der Waals surface area contributed by atoms with E-state index in [0.717, 1.165) is 69.3 Å². The molecule has 0 spiro atoms. The molecule has 8 atom stereocenters. The van der Waals surface area contributed by atoms with Gasteiger partial charge in [0, 0.05) is 68.5 Å². The van der Waals surface area contributed by atoms with Gasteiger partial charge in [-0.3, -0.25) is 9.78 Å². The van der Waals surface area contributed by atoms with Crippen molar-refractivity contribution >= 4 is 56.9 Å². The number of thioether (sulfide) groups is 1. The van der Waals surface area contributed by atoms with Gasteiger partial charge in [-0.05, 0) is 87.4 Å². The van der Waals surface area contributed by atoms with Crippen molar-refractivity contribution in [3.8, 4) is 0 Å². The number of carbonyl (C=O) groups is 2. The number of fused-ring (bicyclic) bond motifs is 8. The summed E-state index contributed by atoms with van der Waals surface area (Å²) in [6.07, 6.45) is -1.50. The molecule has 3 aromatic rings. The Balaban J connectivity index is 1.59. The fourth-order valence-corrected chi connectivity index (χ4v) is 10.1. The summed E-state index contributed by atoms with van der Waals surface area (Å²) in [6.45, 7) is 14.0. The van der Waals surface area contributed by atoms with Gasteiger partial charge in [0.05, 0.1) is 67.5 Å². The summed E-state index contributed by atoms with van der Waals surface area (Å²) in [5.41, 5.74) is 11.5. The number of aromatic amines is 2. The van der Waals surface area contributed by atoms with E-state index in [0.29, 0.717) is 40.2 Å². The van der Waals surface area contributed by atoms with Crippen LogP contribution in [0.4, 0.5) is 0 Å². The van der Waals surface area contributed by atoms with Crippen LogP contribution in [0.1, 0.15) is 122 Å². The van der Waals surface area contributed by atoms with Gasteiger partial charge in [-0.15, -0.1) is 11.8 Å². The van der Waals surface area contributed by atoms with E-state index in [1.807, 2.05) is 26.8 Å². The van der Waals surface area contributed by atoms with Crippen molar-refractivity contribution in [3.05, 3.63) is 68.8 Å². The van der Waals surface area contributed by atoms with E-state index >= 15 is 0 Å². The van der Waals surface area contributed by atoms with E-state index in [9.17, 15) is 30.0 Å². The molecule has 314 valence electrons. The van der Waals surface area contributed by atoms with E-state index in [-0.39, 0.29) is 30.8 Å². The van der Waals surface area contributed by atoms with Gasteiger partial charge in [0.25, 0.3) is 0 Å². The fourth-order valence-electron chi connectivity index (χ4n) is 8.91. The number of aliphatic hydroxyl groups excluding tert-OH is 4. The lowest BCUT2D eigenvalue weighted by atomic mass is 9.83. The van der Waals surface area contributed by atoms with Crippen LogP contribution in [-0.4, -0.2) is 103 Å². The molecule has 0 saturated heterocycles. The Hall–Kier alpha value is -4.05. The summed E-state index contributed by atoms with van der Waals surface area (Å²) >= 11 is 1.35. The number of hydrogen-bond acceptors (Lipinski definition) is 12. The zero-order valence-corrected chi connectivity index (χ0v) is 35.7. The van der Waals surface area contributed by atoms with E-state index in [4.69, 9.17) is 24.2 Å². The highest BCUT2D eigenvalue weighted by atomic mass is 32.2. The van der Waals surface area contributed by atoms with Crippen molar-refractivity contribution in [1.82, 2.24) is 19.9 Å². The van der Waals surface area contributed by atoms with Gasteiger partial charge in [-0.2, -0.15) is 0 Å². The van der Waals surface area contributed by atoms with Gasteiger partial charge in [-0.25, -0.2) is 9.78 Å². The monoisotopic (exact) mass is 818 g/mol. The number of methoxy groups -OCH3 is 2. The molecule has 13 nitrogen and oxygen atoms in total. The first kappa shape index (κ1) is 43.5. The predicted octanol–water partition coefficient (Wildman–Crippen LogP) is 6.23. The van der Waals surface area contributed by atoms with Crippen molar-refractivity contribution in [3.63, 3.8) is 0 Å². The van der Waals surface area contributed by atoms with Crippen molar-refractivity contribution < 1.29 is 44.2 Å². The van der Waals surface area contributed by atoms with Crippen LogP contribution in [0.2, 0.25) is 0 Å². The number of aromatic nitrogens is 4. The van der Waals surface area contributed by atoms with Gasteiger partial charge in [0.1, 0.15) is 6.10 Å². The molecule has 58 heavy (non-hydrogen) atoms. The number of H-pyrrole nitrogens is 2. The van der Waals surface area contributed by atoms with Crippen molar-refractivity contribution in [2.24, 2.45) is 5.92 Å². The number of carbonyl (C=O) groups excluding carboxylic acids is 2. The van der Waals surface area contributed by atoms with Crippen molar-refractivity contribution in [1.29, 1.82) is 0 Å². The highest BCUT2D eigenvalue weighted by Gasteiger charge is 2.42. The van der Waals surface area contributed by atoms with Crippen LogP contribution in [0, 0.1) is 19.8 Å². The number of ether oxygens (including phenoxy) is 3. The van der Waals surface area contributed by atoms with Crippen LogP contribution < -0.4 is 0 Å². The first-order chi connectivity index (χ1) is 27.7. The summed E-state index contributed by atoms with van der Waals surface area (Å²) in [7, 11) is 2.69. The van der Waals surface area contributed by atoms with Crippen LogP contribution in [-0.2, 0) is 36.6 Å². The third-order valence-electron chi connectivity index (χ3n) is 12.4. The molecule has 3 aromatic heterocycles. The molecule has 1 saturated carbocycles. The maximum atomic E-state index is 13.5. The summed E-state index contributed by atoms with van der Waals surface area (Å²) in [5, 5.41) is 40.8. The van der Waals surface area contributed by atoms with E-state index < -0.39 is 47.5 Å². The molecule has 6 N–H and O–H groups in total. The molecule has 14 heteroatoms. The molecule has 6 rings (SSSR count). The number of nitrogens with one attached hydrogen (secondary N) is 2. The third kappa shape index (κ3) is 8.11. The number of allylic oxidation sites excluding steroid dienone is 1. The third-order valence-corrected chi connectivity index (χ3v) is 13.6. The molecule has 8 bridgehead atoms. The van der Waals surface area contributed by atoms with Gasteiger partial charge in [-0.1, -0.05) is 27.2 Å². The maximum Gasteiger partial charge on any atom is 0.340 e. The molecule has 3 unspecified atom stereocenters. The van der Waals surface area contributed by atoms with Crippen LogP contribution in [0.3, 0.4) is 0 Å². The van der Waals surface area contributed by atoms with Crippen LogP contribution in [0.5, 0.6) is 0 Å². The highest BCUT2D eigenvalue weighted by Crippen LogP contribution is 2.44. The molecule has 1 aliphatic carbocycles. The Morgan fingerprint density at radius 2 is 1.62 bits per heavy atom. The maximum absolute atomic E-state index is 13.5. The summed E-state index contributed by atoms with van der Waals surface area (Å²) in [6, 6.07) is 6.11. The quantitative estimate of drug-likeness (QED) is 0.0891. The van der Waals surface area contributed by atoms with E-state index in [2.05, 4.69) is 49.8 Å². The average molecular weight is 819 g/mol. The normalized spacial score (nSPS) is 23.9. The molecular formula is C44H58N4O9S. The summed E-state index contributed by atoms with van der Waals surface area (Å²) in [5.74, 6) is -1.45. The lowest BCUT2D eigenvalue weighted by Crippen LogP contribution is -2.53. The molecular weight excluding hydrogens is 761 g/mol. The number of aryl methyl sites for hydroxylation is 3. The van der Waals surface area contributed by atoms with Crippen LogP contribution in [0.15, 0.2) is 18.2 Å². The molecule has 2 aliphatic heterocycles. The Labute approximate surface area is 343 Å². The van der Waals surface area contributed by atoms with E-state index in [1.54, 1.807) is 0 Å². The zero-order chi connectivity index (χ0) is 42.2. The largest absolute Gasteiger partial charge is 0.469 e. The zero-order valence-electron chi connectivity index (χ0n) is 34.9. The van der Waals surface area contributed by atoms with E-state index in [1.165, 1.54) is 26.0 Å². The first-order valence-corrected chi connectivity index (χ1v) is 21.2. The Bertz CT molecular complexity index is 2240. The van der Waals surface area contributed by atoms with Gasteiger partial charge in [0.2, 0.25) is 0 Å². The number of esters is 2. The van der Waals surface area contributed by atoms with Crippen LogP contribution in [0.25, 0.3) is 33.2 Å². The number of aliphatic hydroxyl groups is 4. The molecule has 0 aromatic carbocycles. The summed E-state index contributed by atoms with van der Waals surface area (Å²) < 4.78 is 17.0. The second-order valence-electron chi connectivity index (χ2n) is 15.8. The van der Waals surface area contributed by atoms with Crippen molar-refractivity contribution in [2.75, 3.05) is 26.8 Å². The lowest BCUT2D eigenvalue weighted by Gasteiger charge is -2.39. The second-order valence-corrected chi connectivity index (χ2v) is 17.0. The standard InChI is InChI=1S/C44H58N4O9S/c1-10-12-27-21(4)30-15-31-22(5)37(24(7)57-19-58-35-13-25(18-49)41(51)43(53)42(35)52)34(46-31)17-29-20(3)26(11-2)33(45-29)16-32-23(6)38(44(54)56-9)40(48-32)28(39(27)47-30)14-36(50)55-8/h15-17,21,24-25,27,35,41-43,45-46,49,51-53H,10-14,18-19H2,1-9H3/t21-,24?,25?,27-,35+,41+,42?,43-/m0/s1. The lowest BCUT2D eigenvalue weighted by molar-refractivity contribution is -0.140. The number of nitrogens with zero attached hydrogens (tertiary/aromatic N) is 2. The first-order valence-electron chi connectivity index (χ1n) is 20.2. The average Bonchev–Trinajstić information content (AvgIpc) is 3.89. The minimum absolute atomic E-state index is 0.0379. The smallest absolute Gasteiger partial charge is 0.340 e. The second kappa shape index (κ2) is 18.1. The molecule has 1 fully saturated rings. The predicted molar refractivity (Wildman–Crippen MR) is 225 cm³/mol. The SMILES string of the molecule is CCC[C@@H]1c2nc(cc3[nH]c(cc4[nH]c(cc5nc(c2CC(=O)OC)C(C(=O)OC)=C5C)c(CC)c4C)c(C(C)OCS[C@@H]2CC(CO)[C@@H](O)[C@H](O)C2O)c3C)[C@H]1C. The Kier molecular flexibility index (Phi) is 13.6. The number of rotatable bonds is 12. The molecule has 0 radical (unpaired) electrons.